The molecule has 0 radical (unpaired) electrons. The quantitative estimate of drug-likeness (QED) is 0.890. The molecule has 3 heterocycles. The summed E-state index contributed by atoms with van der Waals surface area (Å²) in [6, 6.07) is 1.82. The van der Waals surface area contributed by atoms with Crippen molar-refractivity contribution in [3.8, 4) is 0 Å². The van der Waals surface area contributed by atoms with Gasteiger partial charge in [0.05, 0.1) is 17.5 Å². The van der Waals surface area contributed by atoms with Gasteiger partial charge in [-0.3, -0.25) is 14.5 Å². The van der Waals surface area contributed by atoms with Crippen LogP contribution in [0.4, 0.5) is 0 Å². The Balaban J connectivity index is 1.81. The molecule has 1 unspecified atom stereocenters. The Morgan fingerprint density at radius 3 is 3.15 bits per heavy atom. The summed E-state index contributed by atoms with van der Waals surface area (Å²) < 4.78 is 0.630. The van der Waals surface area contributed by atoms with Crippen molar-refractivity contribution < 1.29 is 9.90 Å². The molecule has 0 saturated carbocycles. The minimum Gasteiger partial charge on any atom is -0.481 e. The Bertz CT molecular complexity index is 723. The molecule has 2 aromatic heterocycles. The molecule has 0 spiro atoms. The summed E-state index contributed by atoms with van der Waals surface area (Å²) in [4.78, 5) is 32.3. The number of carboxylic acids is 1. The third-order valence-electron chi connectivity index (χ3n) is 3.81. The lowest BCUT2D eigenvalue weighted by atomic mass is 9.90. The number of nitrogens with zero attached hydrogens (tertiary/aromatic N) is 2. The van der Waals surface area contributed by atoms with Crippen LogP contribution in [0.5, 0.6) is 0 Å². The van der Waals surface area contributed by atoms with Crippen LogP contribution >= 0.6 is 11.3 Å². The summed E-state index contributed by atoms with van der Waals surface area (Å²) in [5.41, 5.74) is -0.124. The van der Waals surface area contributed by atoms with Gasteiger partial charge in [0.25, 0.3) is 5.56 Å². The maximum Gasteiger partial charge on any atom is 0.310 e. The van der Waals surface area contributed by atoms with E-state index >= 15 is 0 Å². The smallest absolute Gasteiger partial charge is 0.310 e. The summed E-state index contributed by atoms with van der Waals surface area (Å²) in [6.45, 7) is 3.42. The minimum absolute atomic E-state index is 0.125. The van der Waals surface area contributed by atoms with Crippen molar-refractivity contribution in [1.29, 1.82) is 0 Å². The van der Waals surface area contributed by atoms with Gasteiger partial charge < -0.3 is 10.1 Å². The van der Waals surface area contributed by atoms with E-state index in [0.29, 0.717) is 42.1 Å². The second-order valence-corrected chi connectivity index (χ2v) is 6.39. The third-order valence-corrected chi connectivity index (χ3v) is 4.71. The number of thiophene rings is 1. The van der Waals surface area contributed by atoms with Crippen LogP contribution in [0.1, 0.15) is 19.2 Å². The molecular formula is C13H15N3O3S. The monoisotopic (exact) mass is 293 g/mol. The summed E-state index contributed by atoms with van der Waals surface area (Å²) in [7, 11) is 0. The van der Waals surface area contributed by atoms with Crippen LogP contribution in [0.2, 0.25) is 0 Å². The van der Waals surface area contributed by atoms with Crippen LogP contribution in [0.15, 0.2) is 16.2 Å². The van der Waals surface area contributed by atoms with Gasteiger partial charge in [-0.05, 0) is 31.3 Å². The minimum atomic E-state index is -0.769. The first-order valence-corrected chi connectivity index (χ1v) is 7.28. The highest BCUT2D eigenvalue weighted by Gasteiger charge is 2.40. The van der Waals surface area contributed by atoms with E-state index in [9.17, 15) is 14.7 Å². The number of nitrogens with one attached hydrogen (secondary N) is 1. The van der Waals surface area contributed by atoms with Gasteiger partial charge in [0, 0.05) is 6.54 Å². The van der Waals surface area contributed by atoms with E-state index in [1.54, 1.807) is 6.92 Å². The molecule has 6 nitrogen and oxygen atoms in total. The molecule has 20 heavy (non-hydrogen) atoms. The molecule has 0 aromatic carbocycles. The number of rotatable bonds is 3. The van der Waals surface area contributed by atoms with Crippen LogP contribution < -0.4 is 5.56 Å². The fourth-order valence-electron chi connectivity index (χ4n) is 2.57. The molecule has 1 aliphatic heterocycles. The molecular weight excluding hydrogens is 278 g/mol. The Morgan fingerprint density at radius 1 is 1.65 bits per heavy atom. The van der Waals surface area contributed by atoms with Crippen molar-refractivity contribution in [3.05, 3.63) is 27.6 Å². The van der Waals surface area contributed by atoms with Crippen LogP contribution in [0.3, 0.4) is 0 Å². The lowest BCUT2D eigenvalue weighted by molar-refractivity contribution is -0.147. The molecule has 1 atom stereocenters. The number of hydrogen-bond donors (Lipinski definition) is 2. The highest BCUT2D eigenvalue weighted by Crippen LogP contribution is 2.30. The van der Waals surface area contributed by atoms with Gasteiger partial charge in [0.2, 0.25) is 0 Å². The zero-order valence-electron chi connectivity index (χ0n) is 11.0. The maximum atomic E-state index is 11.9. The Morgan fingerprint density at radius 2 is 2.45 bits per heavy atom. The number of fused-ring (bicyclic) bond motifs is 1. The zero-order valence-corrected chi connectivity index (χ0v) is 11.9. The first kappa shape index (κ1) is 13.3. The lowest BCUT2D eigenvalue weighted by Crippen LogP contribution is -2.32. The average Bonchev–Trinajstić information content (AvgIpc) is 2.97. The predicted molar refractivity (Wildman–Crippen MR) is 75.9 cm³/mol. The zero-order chi connectivity index (χ0) is 14.3. The first-order chi connectivity index (χ1) is 9.48. The van der Waals surface area contributed by atoms with Gasteiger partial charge in [-0.15, -0.1) is 11.3 Å². The normalized spacial score (nSPS) is 23.4. The topological polar surface area (TPSA) is 86.3 Å². The Hall–Kier alpha value is -1.73. The first-order valence-electron chi connectivity index (χ1n) is 6.40. The average molecular weight is 293 g/mol. The van der Waals surface area contributed by atoms with Crippen molar-refractivity contribution in [3.63, 3.8) is 0 Å². The van der Waals surface area contributed by atoms with Gasteiger partial charge in [0.15, 0.2) is 0 Å². The van der Waals surface area contributed by atoms with E-state index in [1.165, 1.54) is 11.3 Å². The lowest BCUT2D eigenvalue weighted by Gasteiger charge is -2.19. The molecule has 1 aliphatic rings. The van der Waals surface area contributed by atoms with Crippen molar-refractivity contribution in [1.82, 2.24) is 14.9 Å². The maximum absolute atomic E-state index is 11.9. The molecule has 2 aromatic rings. The number of hydrogen-bond acceptors (Lipinski definition) is 5. The SMILES string of the molecule is CC1(C(=O)O)CCN(Cc2nc3ccsc3c(=O)[nH]2)C1. The van der Waals surface area contributed by atoms with Gasteiger partial charge in [-0.2, -0.15) is 0 Å². The molecule has 7 heteroatoms. The number of likely N-dealkylation sites (tertiary alicyclic amines) is 1. The number of aliphatic carboxylic acids is 1. The molecule has 0 aliphatic carbocycles. The molecule has 2 N–H and O–H groups in total. The predicted octanol–water partition coefficient (Wildman–Crippen LogP) is 1.28. The number of carboxylic acid groups (broad SMARTS) is 1. The number of carbonyl (C=O) groups is 1. The fraction of sp³-hybridized carbons (Fsp3) is 0.462. The highest BCUT2D eigenvalue weighted by atomic mass is 32.1. The summed E-state index contributed by atoms with van der Waals surface area (Å²) in [5, 5.41) is 11.1. The van der Waals surface area contributed by atoms with E-state index in [-0.39, 0.29) is 5.56 Å². The van der Waals surface area contributed by atoms with E-state index in [2.05, 4.69) is 9.97 Å². The Labute approximate surface area is 119 Å². The molecule has 0 amide bonds. The summed E-state index contributed by atoms with van der Waals surface area (Å²) in [6.07, 6.45) is 0.618. The third kappa shape index (κ3) is 2.23. The van der Waals surface area contributed by atoms with E-state index in [4.69, 9.17) is 0 Å². The largest absolute Gasteiger partial charge is 0.481 e. The van der Waals surface area contributed by atoms with Crippen LogP contribution in [-0.2, 0) is 11.3 Å². The number of aromatic amines is 1. The van der Waals surface area contributed by atoms with Gasteiger partial charge >= 0.3 is 5.97 Å². The molecule has 1 fully saturated rings. The highest BCUT2D eigenvalue weighted by molar-refractivity contribution is 7.17. The molecule has 0 bridgehead atoms. The summed E-state index contributed by atoms with van der Waals surface area (Å²) in [5.74, 6) is -0.176. The Kier molecular flexibility index (Phi) is 3.10. The van der Waals surface area contributed by atoms with Gasteiger partial charge in [0.1, 0.15) is 10.5 Å². The number of H-pyrrole nitrogens is 1. The second-order valence-electron chi connectivity index (χ2n) is 5.47. The van der Waals surface area contributed by atoms with Crippen molar-refractivity contribution >= 4 is 27.5 Å². The van der Waals surface area contributed by atoms with Crippen molar-refractivity contribution in [2.45, 2.75) is 19.9 Å². The van der Waals surface area contributed by atoms with E-state index < -0.39 is 11.4 Å². The van der Waals surface area contributed by atoms with Crippen LogP contribution in [-0.4, -0.2) is 39.0 Å². The summed E-state index contributed by atoms with van der Waals surface area (Å²) >= 11 is 1.37. The van der Waals surface area contributed by atoms with Crippen molar-refractivity contribution in [2.75, 3.05) is 13.1 Å². The number of aromatic nitrogens is 2. The second kappa shape index (κ2) is 4.68. The van der Waals surface area contributed by atoms with Crippen molar-refractivity contribution in [2.24, 2.45) is 5.41 Å². The van der Waals surface area contributed by atoms with Gasteiger partial charge in [-0.1, -0.05) is 0 Å². The molecule has 106 valence electrons. The molecule has 3 rings (SSSR count). The van der Waals surface area contributed by atoms with Gasteiger partial charge in [-0.25, -0.2) is 4.98 Å². The standard InChI is InChI=1S/C13H15N3O3S/c1-13(12(18)19)3-4-16(7-13)6-9-14-8-2-5-20-10(8)11(17)15-9/h2,5H,3-4,6-7H2,1H3,(H,18,19)(H,14,15,17). The van der Waals surface area contributed by atoms with E-state index in [1.807, 2.05) is 16.3 Å². The van der Waals surface area contributed by atoms with Crippen LogP contribution in [0.25, 0.3) is 10.2 Å². The van der Waals surface area contributed by atoms with Crippen LogP contribution in [0, 0.1) is 5.41 Å². The molecule has 1 saturated heterocycles. The van der Waals surface area contributed by atoms with E-state index in [0.717, 1.165) is 0 Å². The fourth-order valence-corrected chi connectivity index (χ4v) is 3.30.